The third kappa shape index (κ3) is 3.86. The van der Waals surface area contributed by atoms with Gasteiger partial charge in [-0.05, 0) is 26.2 Å². The molecule has 1 heterocycles. The van der Waals surface area contributed by atoms with Crippen LogP contribution in [-0.4, -0.2) is 84.2 Å². The number of hydrogen-bond acceptors (Lipinski definition) is 5. The molecular formula is C15H23N3O3. The van der Waals surface area contributed by atoms with Crippen molar-refractivity contribution in [2.24, 2.45) is 0 Å². The summed E-state index contributed by atoms with van der Waals surface area (Å²) >= 11 is 0. The van der Waals surface area contributed by atoms with Gasteiger partial charge in [0.25, 0.3) is 5.91 Å². The normalized spacial score (nSPS) is 16.4. The first-order valence-corrected chi connectivity index (χ1v) is 7.16. The summed E-state index contributed by atoms with van der Waals surface area (Å²) < 4.78 is 0. The highest BCUT2D eigenvalue weighted by molar-refractivity contribution is 5.97. The summed E-state index contributed by atoms with van der Waals surface area (Å²) in [5, 5.41) is 19.3. The van der Waals surface area contributed by atoms with Crippen LogP contribution in [0.3, 0.4) is 0 Å². The van der Waals surface area contributed by atoms with Gasteiger partial charge in [0.2, 0.25) is 0 Å². The highest BCUT2D eigenvalue weighted by Crippen LogP contribution is 2.29. The molecule has 0 bridgehead atoms. The molecule has 1 aromatic carbocycles. The smallest absolute Gasteiger partial charge is 0.257 e. The number of phenolic OH excluding ortho intramolecular Hbond substituents is 2. The number of carbonyl (C=O) groups excluding carboxylic acids is 1. The Morgan fingerprint density at radius 3 is 2.48 bits per heavy atom. The second-order valence-electron chi connectivity index (χ2n) is 5.61. The minimum absolute atomic E-state index is 0.164. The minimum atomic E-state index is -0.336. The lowest BCUT2D eigenvalue weighted by Crippen LogP contribution is -2.49. The quantitative estimate of drug-likeness (QED) is 0.788. The summed E-state index contributed by atoms with van der Waals surface area (Å²) in [7, 11) is 4.09. The van der Waals surface area contributed by atoms with E-state index >= 15 is 0 Å². The summed E-state index contributed by atoms with van der Waals surface area (Å²) in [5.41, 5.74) is 0.164. The van der Waals surface area contributed by atoms with Crippen LogP contribution in [0.4, 0.5) is 0 Å². The highest BCUT2D eigenvalue weighted by Gasteiger charge is 2.24. The molecule has 1 saturated heterocycles. The average molecular weight is 293 g/mol. The predicted octanol–water partition coefficient (Wildman–Crippen LogP) is 0.417. The van der Waals surface area contributed by atoms with Crippen molar-refractivity contribution in [2.45, 2.75) is 0 Å². The van der Waals surface area contributed by atoms with Gasteiger partial charge in [0, 0.05) is 39.3 Å². The molecule has 0 radical (unpaired) electrons. The second-order valence-corrected chi connectivity index (χ2v) is 5.61. The van der Waals surface area contributed by atoms with Crippen molar-refractivity contribution in [2.75, 3.05) is 53.4 Å². The zero-order valence-corrected chi connectivity index (χ0v) is 12.6. The van der Waals surface area contributed by atoms with Gasteiger partial charge in [0.15, 0.2) is 11.5 Å². The third-order valence-corrected chi connectivity index (χ3v) is 3.77. The Kier molecular flexibility index (Phi) is 5.03. The number of phenols is 2. The Morgan fingerprint density at radius 1 is 1.19 bits per heavy atom. The molecular weight excluding hydrogens is 270 g/mol. The molecule has 0 unspecified atom stereocenters. The van der Waals surface area contributed by atoms with Gasteiger partial charge in [-0.2, -0.15) is 0 Å². The van der Waals surface area contributed by atoms with Gasteiger partial charge in [-0.3, -0.25) is 9.69 Å². The highest BCUT2D eigenvalue weighted by atomic mass is 16.3. The molecule has 0 aromatic heterocycles. The second kappa shape index (κ2) is 6.78. The fraction of sp³-hybridized carbons (Fsp3) is 0.533. The number of hydrogen-bond donors (Lipinski definition) is 2. The molecule has 116 valence electrons. The van der Waals surface area contributed by atoms with Gasteiger partial charge >= 0.3 is 0 Å². The Balaban J connectivity index is 1.93. The van der Waals surface area contributed by atoms with Crippen molar-refractivity contribution < 1.29 is 15.0 Å². The first-order chi connectivity index (χ1) is 9.99. The third-order valence-electron chi connectivity index (χ3n) is 3.77. The van der Waals surface area contributed by atoms with Crippen LogP contribution in [0.5, 0.6) is 11.5 Å². The maximum absolute atomic E-state index is 12.4. The van der Waals surface area contributed by atoms with Crippen LogP contribution in [-0.2, 0) is 0 Å². The van der Waals surface area contributed by atoms with E-state index in [4.69, 9.17) is 0 Å². The lowest BCUT2D eigenvalue weighted by molar-refractivity contribution is 0.0626. The summed E-state index contributed by atoms with van der Waals surface area (Å²) in [6.07, 6.45) is 0. The first kappa shape index (κ1) is 15.6. The number of rotatable bonds is 4. The van der Waals surface area contributed by atoms with E-state index in [9.17, 15) is 15.0 Å². The minimum Gasteiger partial charge on any atom is -0.504 e. The lowest BCUT2D eigenvalue weighted by Gasteiger charge is -2.35. The molecule has 0 saturated carbocycles. The first-order valence-electron chi connectivity index (χ1n) is 7.16. The van der Waals surface area contributed by atoms with Crippen molar-refractivity contribution >= 4 is 5.91 Å². The van der Waals surface area contributed by atoms with E-state index < -0.39 is 0 Å². The van der Waals surface area contributed by atoms with Crippen LogP contribution in [0, 0.1) is 0 Å². The number of para-hydroxylation sites is 1. The number of nitrogens with zero attached hydrogens (tertiary/aromatic N) is 3. The van der Waals surface area contributed by atoms with Crippen molar-refractivity contribution in [1.82, 2.24) is 14.7 Å². The average Bonchev–Trinajstić information content (AvgIpc) is 2.48. The van der Waals surface area contributed by atoms with E-state index in [2.05, 4.69) is 9.80 Å². The Morgan fingerprint density at radius 2 is 1.86 bits per heavy atom. The number of piperazine rings is 1. The molecule has 2 rings (SSSR count). The van der Waals surface area contributed by atoms with Crippen molar-refractivity contribution in [3.05, 3.63) is 23.8 Å². The summed E-state index contributed by atoms with van der Waals surface area (Å²) in [4.78, 5) is 18.6. The van der Waals surface area contributed by atoms with Crippen LogP contribution >= 0.6 is 0 Å². The lowest BCUT2D eigenvalue weighted by atomic mass is 10.1. The van der Waals surface area contributed by atoms with Gasteiger partial charge in [-0.25, -0.2) is 0 Å². The summed E-state index contributed by atoms with van der Waals surface area (Å²) in [6, 6.07) is 4.47. The predicted molar refractivity (Wildman–Crippen MR) is 80.7 cm³/mol. The van der Waals surface area contributed by atoms with Crippen LogP contribution in [0.15, 0.2) is 18.2 Å². The van der Waals surface area contributed by atoms with Crippen LogP contribution in [0.25, 0.3) is 0 Å². The molecule has 1 amide bonds. The maximum Gasteiger partial charge on any atom is 0.257 e. The molecule has 2 N–H and O–H groups in total. The van der Waals surface area contributed by atoms with Gasteiger partial charge in [-0.15, -0.1) is 0 Å². The summed E-state index contributed by atoms with van der Waals surface area (Å²) in [6.45, 7) is 4.94. The zero-order valence-electron chi connectivity index (χ0n) is 12.6. The van der Waals surface area contributed by atoms with Crippen LogP contribution < -0.4 is 0 Å². The van der Waals surface area contributed by atoms with Crippen LogP contribution in [0.1, 0.15) is 10.4 Å². The van der Waals surface area contributed by atoms with Crippen molar-refractivity contribution in [1.29, 1.82) is 0 Å². The van der Waals surface area contributed by atoms with Gasteiger partial charge in [0.1, 0.15) is 0 Å². The van der Waals surface area contributed by atoms with E-state index in [-0.39, 0.29) is 23.0 Å². The van der Waals surface area contributed by atoms with E-state index in [0.717, 1.165) is 26.2 Å². The fourth-order valence-corrected chi connectivity index (χ4v) is 2.39. The van der Waals surface area contributed by atoms with Gasteiger partial charge < -0.3 is 20.0 Å². The number of aromatic hydroxyl groups is 2. The molecule has 0 aliphatic carbocycles. The molecule has 0 spiro atoms. The Labute approximate surface area is 125 Å². The molecule has 6 heteroatoms. The molecule has 1 aromatic rings. The molecule has 21 heavy (non-hydrogen) atoms. The monoisotopic (exact) mass is 293 g/mol. The molecule has 6 nitrogen and oxygen atoms in total. The van der Waals surface area contributed by atoms with Gasteiger partial charge in [0.05, 0.1) is 5.56 Å². The SMILES string of the molecule is CN(C)CCN1CCN(C(=O)c2cccc(O)c2O)CC1. The van der Waals surface area contributed by atoms with Gasteiger partial charge in [-0.1, -0.05) is 6.07 Å². The van der Waals surface area contributed by atoms with E-state index in [1.54, 1.807) is 11.0 Å². The number of amides is 1. The Hall–Kier alpha value is -1.79. The van der Waals surface area contributed by atoms with Crippen molar-refractivity contribution in [3.63, 3.8) is 0 Å². The summed E-state index contributed by atoms with van der Waals surface area (Å²) in [5.74, 6) is -0.821. The number of benzene rings is 1. The number of likely N-dealkylation sites (N-methyl/N-ethyl adjacent to an activating group) is 1. The zero-order chi connectivity index (χ0) is 15.4. The van der Waals surface area contributed by atoms with Crippen LogP contribution in [0.2, 0.25) is 0 Å². The molecule has 1 aliphatic rings. The molecule has 1 fully saturated rings. The molecule has 1 aliphatic heterocycles. The Bertz CT molecular complexity index is 497. The standard InChI is InChI=1S/C15H23N3O3/c1-16(2)6-7-17-8-10-18(11-9-17)15(21)12-4-3-5-13(19)14(12)20/h3-5,19-20H,6-11H2,1-2H3. The topological polar surface area (TPSA) is 67.2 Å². The van der Waals surface area contributed by atoms with E-state index in [0.29, 0.717) is 13.1 Å². The van der Waals surface area contributed by atoms with Crippen molar-refractivity contribution in [3.8, 4) is 11.5 Å². The van der Waals surface area contributed by atoms with E-state index in [1.165, 1.54) is 12.1 Å². The van der Waals surface area contributed by atoms with E-state index in [1.807, 2.05) is 14.1 Å². The maximum atomic E-state index is 12.4. The largest absolute Gasteiger partial charge is 0.504 e. The number of carbonyl (C=O) groups is 1. The fourth-order valence-electron chi connectivity index (χ4n) is 2.39. The molecule has 0 atom stereocenters.